The van der Waals surface area contributed by atoms with Crippen LogP contribution in [0.3, 0.4) is 0 Å². The molecule has 3 rings (SSSR count). The summed E-state index contributed by atoms with van der Waals surface area (Å²) in [5, 5.41) is 7.72. The Bertz CT molecular complexity index is 1060. The molecule has 3 aromatic rings. The van der Waals surface area contributed by atoms with Gasteiger partial charge in [-0.1, -0.05) is 60.7 Å². The molecule has 0 radical (unpaired) electrons. The average molecular weight is 467 g/mol. The molecule has 8 nitrogen and oxygen atoms in total. The third-order valence-electron chi connectivity index (χ3n) is 4.60. The Morgan fingerprint density at radius 3 is 2.27 bits per heavy atom. The quantitative estimate of drug-likeness (QED) is 0.446. The molecule has 0 bridgehead atoms. The van der Waals surface area contributed by atoms with E-state index in [0.717, 1.165) is 11.1 Å². The number of carbonyl (C=O) groups is 3. The maximum atomic E-state index is 12.8. The highest BCUT2D eigenvalue weighted by atomic mass is 32.1. The van der Waals surface area contributed by atoms with E-state index in [0.29, 0.717) is 23.8 Å². The largest absolute Gasteiger partial charge is 0.465 e. The molecule has 0 saturated carbocycles. The van der Waals surface area contributed by atoms with Crippen LogP contribution in [0.1, 0.15) is 33.5 Å². The number of thiazole rings is 1. The topological polar surface area (TPSA) is 101 Å². The van der Waals surface area contributed by atoms with Crippen LogP contribution in [0.5, 0.6) is 0 Å². The van der Waals surface area contributed by atoms with Gasteiger partial charge in [0.1, 0.15) is 17.2 Å². The van der Waals surface area contributed by atoms with Crippen molar-refractivity contribution in [3.05, 3.63) is 87.9 Å². The van der Waals surface area contributed by atoms with E-state index in [1.54, 1.807) is 17.2 Å². The summed E-state index contributed by atoms with van der Waals surface area (Å²) in [6.07, 6.45) is 0. The molecule has 2 N–H and O–H groups in total. The number of benzene rings is 2. The fourth-order valence-corrected chi connectivity index (χ4v) is 3.78. The lowest BCUT2D eigenvalue weighted by molar-refractivity contribution is -0.141. The lowest BCUT2D eigenvalue weighted by atomic mass is 10.2. The molecule has 0 aliphatic heterocycles. The van der Waals surface area contributed by atoms with E-state index in [-0.39, 0.29) is 25.6 Å². The van der Waals surface area contributed by atoms with Crippen LogP contribution in [-0.4, -0.2) is 40.9 Å². The van der Waals surface area contributed by atoms with E-state index in [1.807, 2.05) is 60.7 Å². The Hall–Kier alpha value is -3.72. The van der Waals surface area contributed by atoms with E-state index < -0.39 is 12.0 Å². The Labute approximate surface area is 196 Å². The smallest absolute Gasteiger partial charge is 0.325 e. The molecule has 1 aromatic heterocycles. The number of esters is 1. The van der Waals surface area contributed by atoms with Crippen molar-refractivity contribution in [3.63, 3.8) is 0 Å². The van der Waals surface area contributed by atoms with Gasteiger partial charge in [-0.3, -0.25) is 9.59 Å². The van der Waals surface area contributed by atoms with E-state index in [4.69, 9.17) is 4.74 Å². The number of carbonyl (C=O) groups excluding carboxylic acids is 3. The fraction of sp³-hybridized carbons (Fsp3) is 0.250. The summed E-state index contributed by atoms with van der Waals surface area (Å²) in [4.78, 5) is 42.8. The fourth-order valence-electron chi connectivity index (χ4n) is 2.99. The number of nitrogens with one attached hydrogen (secondary N) is 2. The van der Waals surface area contributed by atoms with Crippen molar-refractivity contribution in [2.75, 3.05) is 13.2 Å². The molecule has 1 heterocycles. The van der Waals surface area contributed by atoms with E-state index in [2.05, 4.69) is 15.6 Å². The minimum absolute atomic E-state index is 0.195. The Morgan fingerprint density at radius 2 is 1.61 bits per heavy atom. The summed E-state index contributed by atoms with van der Waals surface area (Å²) in [6, 6.07) is 18.7. The van der Waals surface area contributed by atoms with Gasteiger partial charge in [0, 0.05) is 18.5 Å². The van der Waals surface area contributed by atoms with Gasteiger partial charge >= 0.3 is 12.0 Å². The second kappa shape index (κ2) is 12.4. The van der Waals surface area contributed by atoms with E-state index in [1.165, 1.54) is 11.3 Å². The highest BCUT2D eigenvalue weighted by Gasteiger charge is 2.19. The van der Waals surface area contributed by atoms with Crippen LogP contribution < -0.4 is 10.6 Å². The summed E-state index contributed by atoms with van der Waals surface area (Å²) >= 11 is 1.30. The van der Waals surface area contributed by atoms with E-state index >= 15 is 0 Å². The molecule has 0 saturated heterocycles. The van der Waals surface area contributed by atoms with Crippen molar-refractivity contribution in [2.24, 2.45) is 0 Å². The number of ether oxygens (including phenoxy) is 1. The lowest BCUT2D eigenvalue weighted by Crippen LogP contribution is -2.41. The summed E-state index contributed by atoms with van der Waals surface area (Å²) in [5.74, 6) is -0.778. The number of amides is 3. The number of hydrogen-bond donors (Lipinski definition) is 2. The molecule has 9 heteroatoms. The number of nitrogens with zero attached hydrogens (tertiary/aromatic N) is 2. The Morgan fingerprint density at radius 1 is 0.939 bits per heavy atom. The molecule has 0 fully saturated rings. The van der Waals surface area contributed by atoms with Gasteiger partial charge < -0.3 is 20.3 Å². The normalized spacial score (nSPS) is 10.3. The monoisotopic (exact) mass is 466 g/mol. The third-order valence-corrected chi connectivity index (χ3v) is 5.43. The molecule has 0 atom stereocenters. The van der Waals surface area contributed by atoms with Crippen LogP contribution in [0.25, 0.3) is 0 Å². The third kappa shape index (κ3) is 7.73. The lowest BCUT2D eigenvalue weighted by Gasteiger charge is -2.22. The SMILES string of the molecule is CCOC(=O)CNC(=O)N(Cc1ccccc1)Cc1nc(C(=O)NCc2ccccc2)cs1. The van der Waals surface area contributed by atoms with Crippen molar-refractivity contribution >= 4 is 29.2 Å². The zero-order chi connectivity index (χ0) is 23.5. The number of hydrogen-bond acceptors (Lipinski definition) is 6. The molecule has 0 aliphatic carbocycles. The van der Waals surface area contributed by atoms with Crippen LogP contribution in [0.2, 0.25) is 0 Å². The summed E-state index contributed by atoms with van der Waals surface area (Å²) < 4.78 is 4.87. The van der Waals surface area contributed by atoms with E-state index in [9.17, 15) is 14.4 Å². The molecule has 33 heavy (non-hydrogen) atoms. The highest BCUT2D eigenvalue weighted by molar-refractivity contribution is 7.09. The summed E-state index contributed by atoms with van der Waals surface area (Å²) in [5.41, 5.74) is 2.23. The van der Waals surface area contributed by atoms with Gasteiger partial charge in [0.2, 0.25) is 0 Å². The predicted octanol–water partition coefficient (Wildman–Crippen LogP) is 3.35. The molecule has 3 amide bonds. The number of aromatic nitrogens is 1. The minimum atomic E-state index is -0.503. The predicted molar refractivity (Wildman–Crippen MR) is 125 cm³/mol. The van der Waals surface area contributed by atoms with Gasteiger partial charge in [0.25, 0.3) is 5.91 Å². The molecular weight excluding hydrogens is 440 g/mol. The van der Waals surface area contributed by atoms with Crippen molar-refractivity contribution in [1.29, 1.82) is 0 Å². The van der Waals surface area contributed by atoms with Gasteiger partial charge in [-0.25, -0.2) is 9.78 Å². The number of rotatable bonds is 10. The minimum Gasteiger partial charge on any atom is -0.465 e. The van der Waals surface area contributed by atoms with Gasteiger partial charge in [0.05, 0.1) is 13.2 Å². The van der Waals surface area contributed by atoms with Crippen LogP contribution >= 0.6 is 11.3 Å². The van der Waals surface area contributed by atoms with Crippen LogP contribution in [-0.2, 0) is 29.2 Å². The summed E-state index contributed by atoms with van der Waals surface area (Å²) in [7, 11) is 0. The van der Waals surface area contributed by atoms with Crippen LogP contribution in [0.15, 0.2) is 66.0 Å². The standard InChI is InChI=1S/C24H26N4O4S/c1-2-32-22(29)14-26-24(31)28(15-19-11-7-4-8-12-19)16-21-27-20(17-33-21)23(30)25-13-18-9-5-3-6-10-18/h3-12,17H,2,13-16H2,1H3,(H,25,30)(H,26,31). The maximum absolute atomic E-state index is 12.8. The van der Waals surface area contributed by atoms with Gasteiger partial charge in [-0.05, 0) is 18.1 Å². The number of urea groups is 1. The van der Waals surface area contributed by atoms with Crippen molar-refractivity contribution in [3.8, 4) is 0 Å². The first-order valence-corrected chi connectivity index (χ1v) is 11.4. The van der Waals surface area contributed by atoms with Crippen LogP contribution in [0, 0.1) is 0 Å². The molecule has 2 aromatic carbocycles. The first kappa shape index (κ1) is 23.9. The second-order valence-corrected chi connectivity index (χ2v) is 8.04. The Kier molecular flexibility index (Phi) is 8.96. The Balaban J connectivity index is 1.63. The first-order chi connectivity index (χ1) is 16.0. The van der Waals surface area contributed by atoms with Crippen molar-refractivity contribution in [2.45, 2.75) is 26.6 Å². The molecule has 0 unspecified atom stereocenters. The van der Waals surface area contributed by atoms with Gasteiger partial charge in [-0.15, -0.1) is 11.3 Å². The molecule has 0 aliphatic rings. The molecule has 172 valence electrons. The first-order valence-electron chi connectivity index (χ1n) is 10.5. The molecule has 0 spiro atoms. The zero-order valence-corrected chi connectivity index (χ0v) is 19.1. The average Bonchev–Trinajstić information content (AvgIpc) is 3.31. The molecular formula is C24H26N4O4S. The maximum Gasteiger partial charge on any atom is 0.325 e. The van der Waals surface area contributed by atoms with Crippen LogP contribution in [0.4, 0.5) is 4.79 Å². The summed E-state index contributed by atoms with van der Waals surface area (Å²) in [6.45, 7) is 2.66. The zero-order valence-electron chi connectivity index (χ0n) is 18.3. The van der Waals surface area contributed by atoms with Crippen molar-refractivity contribution < 1.29 is 19.1 Å². The van der Waals surface area contributed by atoms with Gasteiger partial charge in [-0.2, -0.15) is 0 Å². The second-order valence-electron chi connectivity index (χ2n) is 7.10. The van der Waals surface area contributed by atoms with Crippen molar-refractivity contribution in [1.82, 2.24) is 20.5 Å². The highest BCUT2D eigenvalue weighted by Crippen LogP contribution is 2.15. The van der Waals surface area contributed by atoms with Gasteiger partial charge in [0.15, 0.2) is 0 Å².